The molecule has 1 aliphatic heterocycles. The van der Waals surface area contributed by atoms with Crippen molar-refractivity contribution in [3.8, 4) is 17.6 Å². The van der Waals surface area contributed by atoms with Crippen LogP contribution in [0.2, 0.25) is 0 Å². The molecule has 34 heavy (non-hydrogen) atoms. The van der Waals surface area contributed by atoms with Crippen molar-refractivity contribution in [2.24, 2.45) is 0 Å². The molecule has 2 amide bonds. The molecule has 1 aromatic heterocycles. The molecule has 4 bridgehead atoms. The van der Waals surface area contributed by atoms with Gasteiger partial charge in [-0.15, -0.1) is 12.4 Å². The normalized spacial score (nSPS) is 13.5. The molecule has 170 valence electrons. The van der Waals surface area contributed by atoms with Crippen molar-refractivity contribution in [3.63, 3.8) is 0 Å². The van der Waals surface area contributed by atoms with Crippen LogP contribution < -0.4 is 15.4 Å². The summed E-state index contributed by atoms with van der Waals surface area (Å²) in [6.45, 7) is 0.614. The first kappa shape index (κ1) is 22.8. The number of rotatable bonds is 0. The second kappa shape index (κ2) is 9.65. The number of benzene rings is 3. The number of hydrogen-bond donors (Lipinski definition) is 2. The van der Waals surface area contributed by atoms with Crippen molar-refractivity contribution in [2.45, 2.75) is 13.1 Å². The predicted molar refractivity (Wildman–Crippen MR) is 128 cm³/mol. The van der Waals surface area contributed by atoms with Crippen molar-refractivity contribution in [3.05, 3.63) is 89.5 Å². The van der Waals surface area contributed by atoms with Crippen LogP contribution in [0, 0.1) is 11.3 Å². The van der Waals surface area contributed by atoms with Gasteiger partial charge in [0.05, 0.1) is 30.7 Å². The van der Waals surface area contributed by atoms with Gasteiger partial charge in [-0.2, -0.15) is 5.26 Å². The van der Waals surface area contributed by atoms with Gasteiger partial charge in [0.2, 0.25) is 5.91 Å². The van der Waals surface area contributed by atoms with Gasteiger partial charge in [0.25, 0.3) is 5.91 Å². The lowest BCUT2D eigenvalue weighted by atomic mass is 10.0. The molecule has 0 unspecified atom stereocenters. The Morgan fingerprint density at radius 2 is 1.91 bits per heavy atom. The maximum Gasteiger partial charge on any atom is 0.252 e. The van der Waals surface area contributed by atoms with E-state index in [0.29, 0.717) is 34.6 Å². The molecule has 3 aromatic carbocycles. The molecule has 9 heteroatoms. The van der Waals surface area contributed by atoms with Crippen LogP contribution in [-0.2, 0) is 17.9 Å². The van der Waals surface area contributed by atoms with Crippen LogP contribution in [0.3, 0.4) is 0 Å². The van der Waals surface area contributed by atoms with Crippen LogP contribution in [0.4, 0.5) is 0 Å². The molecule has 0 saturated carbocycles. The fraction of sp³-hybridized carbons (Fsp3) is 0.120. The van der Waals surface area contributed by atoms with Gasteiger partial charge in [0.15, 0.2) is 0 Å². The first-order valence-electron chi connectivity index (χ1n) is 10.4. The van der Waals surface area contributed by atoms with Crippen LogP contribution in [0.5, 0.6) is 11.5 Å². The first-order valence-corrected chi connectivity index (χ1v) is 10.4. The molecule has 4 aromatic rings. The fourth-order valence-electron chi connectivity index (χ4n) is 3.82. The van der Waals surface area contributed by atoms with Gasteiger partial charge in [-0.25, -0.2) is 4.98 Å². The summed E-state index contributed by atoms with van der Waals surface area (Å²) in [4.78, 5) is 29.4. The molecule has 8 nitrogen and oxygen atoms in total. The summed E-state index contributed by atoms with van der Waals surface area (Å²) in [7, 11) is 0. The lowest BCUT2D eigenvalue weighted by Gasteiger charge is -2.12. The smallest absolute Gasteiger partial charge is 0.252 e. The molecule has 0 aliphatic carbocycles. The highest BCUT2D eigenvalue weighted by Crippen LogP contribution is 2.30. The van der Waals surface area contributed by atoms with Crippen molar-refractivity contribution >= 4 is 35.0 Å². The van der Waals surface area contributed by atoms with Crippen molar-refractivity contribution in [1.82, 2.24) is 20.2 Å². The molecule has 2 N–H and O–H groups in total. The van der Waals surface area contributed by atoms with E-state index in [1.54, 1.807) is 42.9 Å². The van der Waals surface area contributed by atoms with Crippen LogP contribution in [-0.4, -0.2) is 27.9 Å². The van der Waals surface area contributed by atoms with E-state index in [9.17, 15) is 14.9 Å². The number of halogens is 1. The highest BCUT2D eigenvalue weighted by Gasteiger charge is 2.15. The number of amides is 2. The lowest BCUT2D eigenvalue weighted by Crippen LogP contribution is -2.37. The summed E-state index contributed by atoms with van der Waals surface area (Å²) in [5.74, 6) is 0.268. The third-order valence-corrected chi connectivity index (χ3v) is 5.52. The Bertz CT molecular complexity index is 1440. The SMILES string of the molecule is Cl.N#Cc1ccc2cc1Oc1ccc3cccc(c3c1)C(=O)NCC(=O)NCc1cncn1C2. The highest BCUT2D eigenvalue weighted by molar-refractivity contribution is 6.08. The molecule has 0 spiro atoms. The lowest BCUT2D eigenvalue weighted by molar-refractivity contribution is -0.120. The molecule has 0 atom stereocenters. The van der Waals surface area contributed by atoms with Gasteiger partial charge in [-0.1, -0.05) is 24.3 Å². The van der Waals surface area contributed by atoms with Gasteiger partial charge < -0.3 is 19.9 Å². The second-order valence-electron chi connectivity index (χ2n) is 7.71. The zero-order chi connectivity index (χ0) is 22.8. The van der Waals surface area contributed by atoms with Crippen LogP contribution in [0.1, 0.15) is 27.2 Å². The van der Waals surface area contributed by atoms with E-state index in [1.165, 1.54) is 0 Å². The second-order valence-corrected chi connectivity index (χ2v) is 7.71. The van der Waals surface area contributed by atoms with Gasteiger partial charge in [0, 0.05) is 18.3 Å². The Morgan fingerprint density at radius 1 is 1.03 bits per heavy atom. The average Bonchev–Trinajstić information content (AvgIpc) is 3.27. The number of imidazole rings is 1. The average molecular weight is 474 g/mol. The topological polar surface area (TPSA) is 109 Å². The zero-order valence-electron chi connectivity index (χ0n) is 17.9. The Hall–Kier alpha value is -4.35. The Kier molecular flexibility index (Phi) is 6.48. The Balaban J connectivity index is 0.00000274. The number of carbonyl (C=O) groups excluding carboxylic acids is 2. The van der Waals surface area contributed by atoms with Crippen LogP contribution >= 0.6 is 12.4 Å². The van der Waals surface area contributed by atoms with E-state index in [4.69, 9.17) is 4.74 Å². The molecule has 0 saturated heterocycles. The summed E-state index contributed by atoms with van der Waals surface area (Å²) >= 11 is 0. The van der Waals surface area contributed by atoms with E-state index >= 15 is 0 Å². The van der Waals surface area contributed by atoms with Gasteiger partial charge in [0.1, 0.15) is 17.6 Å². The van der Waals surface area contributed by atoms with Crippen molar-refractivity contribution in [1.29, 1.82) is 5.26 Å². The van der Waals surface area contributed by atoms with Crippen LogP contribution in [0.15, 0.2) is 67.1 Å². The van der Waals surface area contributed by atoms with Gasteiger partial charge in [-0.05, 0) is 46.7 Å². The summed E-state index contributed by atoms with van der Waals surface area (Å²) in [5, 5.41) is 16.6. The minimum absolute atomic E-state index is 0. The van der Waals surface area contributed by atoms with E-state index in [0.717, 1.165) is 16.6 Å². The minimum atomic E-state index is -0.359. The van der Waals surface area contributed by atoms with E-state index in [2.05, 4.69) is 21.7 Å². The summed E-state index contributed by atoms with van der Waals surface area (Å²) < 4.78 is 8.01. The summed E-state index contributed by atoms with van der Waals surface area (Å²) in [6, 6.07) is 18.4. The van der Waals surface area contributed by atoms with Crippen LogP contribution in [0.25, 0.3) is 10.8 Å². The molecule has 5 rings (SSSR count). The molecule has 1 aliphatic rings. The van der Waals surface area contributed by atoms with Gasteiger partial charge in [-0.3, -0.25) is 9.59 Å². The molecular formula is C25H20ClN5O3. The number of nitriles is 1. The fourth-order valence-corrected chi connectivity index (χ4v) is 3.82. The van der Waals surface area contributed by atoms with Crippen molar-refractivity contribution < 1.29 is 14.3 Å². The maximum atomic E-state index is 12.8. The standard InChI is InChI=1S/C25H19N5O3.ClH/c26-10-18-5-4-16-8-23(18)33-20-7-6-17-2-1-3-21(22(17)9-20)25(32)29-13-24(31)28-12-19-11-27-15-30(19)14-16;/h1-9,11,15H,12-14H2,(H,28,31)(H,29,32);1H. The molecule has 2 heterocycles. The monoisotopic (exact) mass is 473 g/mol. The van der Waals surface area contributed by atoms with E-state index in [1.807, 2.05) is 28.8 Å². The highest BCUT2D eigenvalue weighted by atomic mass is 35.5. The summed E-state index contributed by atoms with van der Waals surface area (Å²) in [6.07, 6.45) is 3.36. The Labute approximate surface area is 201 Å². The van der Waals surface area contributed by atoms with Crippen molar-refractivity contribution in [2.75, 3.05) is 6.54 Å². The first-order chi connectivity index (χ1) is 16.1. The Morgan fingerprint density at radius 3 is 2.76 bits per heavy atom. The molecule has 0 radical (unpaired) electrons. The number of ether oxygens (including phenoxy) is 1. The number of fused-ring (bicyclic) bond motifs is 4. The number of aromatic nitrogens is 2. The number of hydrogen-bond acceptors (Lipinski definition) is 5. The van der Waals surface area contributed by atoms with E-state index in [-0.39, 0.29) is 37.3 Å². The maximum absolute atomic E-state index is 12.8. The molecule has 0 fully saturated rings. The quantitative estimate of drug-likeness (QED) is 0.406. The van der Waals surface area contributed by atoms with E-state index < -0.39 is 0 Å². The number of nitrogens with one attached hydrogen (secondary N) is 2. The largest absolute Gasteiger partial charge is 0.456 e. The molecular weight excluding hydrogens is 454 g/mol. The minimum Gasteiger partial charge on any atom is -0.456 e. The summed E-state index contributed by atoms with van der Waals surface area (Å²) in [5.41, 5.74) is 2.56. The number of carbonyl (C=O) groups is 2. The third-order valence-electron chi connectivity index (χ3n) is 5.52. The predicted octanol–water partition coefficient (Wildman–Crippen LogP) is 3.53. The number of nitrogens with zero attached hydrogens (tertiary/aromatic N) is 3. The third kappa shape index (κ3) is 4.56. The van der Waals surface area contributed by atoms with Gasteiger partial charge >= 0.3 is 0 Å². The zero-order valence-corrected chi connectivity index (χ0v) is 18.8.